The summed E-state index contributed by atoms with van der Waals surface area (Å²) in [4.78, 5) is 2.54. The van der Waals surface area contributed by atoms with Gasteiger partial charge in [0.1, 0.15) is 5.82 Å². The van der Waals surface area contributed by atoms with Gasteiger partial charge in [0.05, 0.1) is 0 Å². The molecule has 0 radical (unpaired) electrons. The fourth-order valence-corrected chi connectivity index (χ4v) is 3.95. The monoisotopic (exact) mass is 310 g/mol. The molecule has 2 nitrogen and oxygen atoms in total. The summed E-state index contributed by atoms with van der Waals surface area (Å²) in [6.45, 7) is 10.6. The first-order valence-electron chi connectivity index (χ1n) is 7.93. The van der Waals surface area contributed by atoms with Gasteiger partial charge in [-0.1, -0.05) is 26.0 Å². The lowest BCUT2D eigenvalue weighted by Crippen LogP contribution is -2.38. The summed E-state index contributed by atoms with van der Waals surface area (Å²) in [5.41, 5.74) is 1.79. The van der Waals surface area contributed by atoms with Gasteiger partial charge in [0, 0.05) is 36.7 Å². The summed E-state index contributed by atoms with van der Waals surface area (Å²) in [5.74, 6) is 1.13. The number of aryl methyl sites for hydroxylation is 1. The Morgan fingerprint density at radius 1 is 1.48 bits per heavy atom. The average molecular weight is 310 g/mol. The molecule has 1 aromatic carbocycles. The number of hydrogen-bond donors (Lipinski definition) is 1. The zero-order chi connectivity index (χ0) is 15.2. The maximum absolute atomic E-state index is 13.8. The van der Waals surface area contributed by atoms with Gasteiger partial charge >= 0.3 is 0 Å². The van der Waals surface area contributed by atoms with E-state index >= 15 is 0 Å². The highest BCUT2D eigenvalue weighted by Crippen LogP contribution is 2.22. The minimum absolute atomic E-state index is 0.0987. The van der Waals surface area contributed by atoms with E-state index in [2.05, 4.69) is 41.9 Å². The molecule has 0 saturated carbocycles. The molecule has 1 N–H and O–H groups in total. The molecule has 1 aromatic rings. The molecule has 118 valence electrons. The molecule has 0 aromatic heterocycles. The summed E-state index contributed by atoms with van der Waals surface area (Å²) in [7, 11) is 0. The zero-order valence-corrected chi connectivity index (χ0v) is 14.2. The molecule has 0 aliphatic carbocycles. The largest absolute Gasteiger partial charge is 0.310 e. The minimum atomic E-state index is -0.0987. The average Bonchev–Trinajstić information content (AvgIpc) is 2.46. The quantitative estimate of drug-likeness (QED) is 0.864. The summed E-state index contributed by atoms with van der Waals surface area (Å²) in [6, 6.07) is 5.88. The molecule has 0 bridgehead atoms. The predicted molar refractivity (Wildman–Crippen MR) is 90.5 cm³/mol. The number of thioether (sulfide) groups is 1. The second kappa shape index (κ2) is 8.16. The number of nitrogens with zero attached hydrogens (tertiary/aromatic N) is 1. The Morgan fingerprint density at radius 2 is 2.29 bits per heavy atom. The lowest BCUT2D eigenvalue weighted by molar-refractivity contribution is 0.268. The number of rotatable bonds is 6. The number of halogens is 1. The van der Waals surface area contributed by atoms with Crippen molar-refractivity contribution in [2.24, 2.45) is 0 Å². The number of nitrogens with one attached hydrogen (secondary N) is 1. The molecule has 1 fully saturated rings. The van der Waals surface area contributed by atoms with Gasteiger partial charge in [0.25, 0.3) is 0 Å². The van der Waals surface area contributed by atoms with Crippen molar-refractivity contribution in [3.8, 4) is 0 Å². The van der Waals surface area contributed by atoms with Crippen LogP contribution < -0.4 is 5.32 Å². The Bertz CT molecular complexity index is 452. The topological polar surface area (TPSA) is 15.3 Å². The van der Waals surface area contributed by atoms with Crippen molar-refractivity contribution >= 4 is 11.8 Å². The Labute approximate surface area is 132 Å². The van der Waals surface area contributed by atoms with Gasteiger partial charge in [-0.15, -0.1) is 0 Å². The van der Waals surface area contributed by atoms with Gasteiger partial charge in [0.2, 0.25) is 0 Å². The SMILES string of the molecule is CCNC(CCN1CCSC(C)C1)c1ccc(C)c(F)c1. The summed E-state index contributed by atoms with van der Waals surface area (Å²) < 4.78 is 13.8. The lowest BCUT2D eigenvalue weighted by atomic mass is 10.0. The van der Waals surface area contributed by atoms with E-state index in [0.29, 0.717) is 0 Å². The molecule has 1 heterocycles. The van der Waals surface area contributed by atoms with Crippen LogP contribution in [0.4, 0.5) is 4.39 Å². The molecule has 2 unspecified atom stereocenters. The standard InChI is InChI=1S/C17H27FN2S/c1-4-19-17(15-6-5-13(2)16(18)11-15)7-8-20-9-10-21-14(3)12-20/h5-6,11,14,17,19H,4,7-10,12H2,1-3H3. The van der Waals surface area contributed by atoms with Gasteiger partial charge < -0.3 is 10.2 Å². The highest BCUT2D eigenvalue weighted by atomic mass is 32.2. The van der Waals surface area contributed by atoms with E-state index in [1.54, 1.807) is 6.07 Å². The minimum Gasteiger partial charge on any atom is -0.310 e. The van der Waals surface area contributed by atoms with Gasteiger partial charge in [-0.2, -0.15) is 11.8 Å². The molecule has 4 heteroatoms. The molecule has 2 rings (SSSR count). The van der Waals surface area contributed by atoms with Gasteiger partial charge in [0.15, 0.2) is 0 Å². The first-order valence-corrected chi connectivity index (χ1v) is 8.98. The maximum Gasteiger partial charge on any atom is 0.126 e. The molecule has 21 heavy (non-hydrogen) atoms. The van der Waals surface area contributed by atoms with E-state index in [0.717, 1.165) is 35.9 Å². The van der Waals surface area contributed by atoms with E-state index < -0.39 is 0 Å². The number of benzene rings is 1. The highest BCUT2D eigenvalue weighted by Gasteiger charge is 2.19. The smallest absolute Gasteiger partial charge is 0.126 e. The van der Waals surface area contributed by atoms with Crippen molar-refractivity contribution in [3.63, 3.8) is 0 Å². The summed E-state index contributed by atoms with van der Waals surface area (Å²) in [6.07, 6.45) is 1.04. The van der Waals surface area contributed by atoms with Crippen LogP contribution in [0.1, 0.15) is 37.4 Å². The van der Waals surface area contributed by atoms with Crippen LogP contribution in [-0.4, -0.2) is 42.1 Å². The van der Waals surface area contributed by atoms with E-state index in [1.165, 1.54) is 18.8 Å². The van der Waals surface area contributed by atoms with Crippen LogP contribution in [0.3, 0.4) is 0 Å². The third-order valence-corrected chi connectivity index (χ3v) is 5.24. The molecule has 1 aliphatic rings. The lowest BCUT2D eigenvalue weighted by Gasteiger charge is -2.31. The molecule has 1 aliphatic heterocycles. The maximum atomic E-state index is 13.8. The van der Waals surface area contributed by atoms with Crippen molar-refractivity contribution in [1.29, 1.82) is 0 Å². The van der Waals surface area contributed by atoms with Gasteiger partial charge in [-0.05, 0) is 37.1 Å². The van der Waals surface area contributed by atoms with Crippen LogP contribution in [0, 0.1) is 12.7 Å². The molecular weight excluding hydrogens is 283 g/mol. The van der Waals surface area contributed by atoms with Crippen LogP contribution in [0.5, 0.6) is 0 Å². The third kappa shape index (κ3) is 4.97. The van der Waals surface area contributed by atoms with Crippen molar-refractivity contribution in [2.75, 3.05) is 31.9 Å². The normalized spacial score (nSPS) is 21.4. The first-order chi connectivity index (χ1) is 10.1. The first kappa shape index (κ1) is 16.8. The zero-order valence-electron chi connectivity index (χ0n) is 13.4. The van der Waals surface area contributed by atoms with Crippen LogP contribution >= 0.6 is 11.8 Å². The van der Waals surface area contributed by atoms with Crippen molar-refractivity contribution < 1.29 is 4.39 Å². The van der Waals surface area contributed by atoms with E-state index in [1.807, 2.05) is 13.0 Å². The highest BCUT2D eigenvalue weighted by molar-refractivity contribution is 7.99. The summed E-state index contributed by atoms with van der Waals surface area (Å²) in [5, 5.41) is 4.23. The Kier molecular flexibility index (Phi) is 6.52. The summed E-state index contributed by atoms with van der Waals surface area (Å²) >= 11 is 2.06. The van der Waals surface area contributed by atoms with Gasteiger partial charge in [-0.25, -0.2) is 4.39 Å². The third-order valence-electron chi connectivity index (χ3n) is 4.11. The van der Waals surface area contributed by atoms with E-state index in [-0.39, 0.29) is 11.9 Å². The Balaban J connectivity index is 1.96. The van der Waals surface area contributed by atoms with E-state index in [4.69, 9.17) is 0 Å². The van der Waals surface area contributed by atoms with Crippen LogP contribution in [0.2, 0.25) is 0 Å². The second-order valence-corrected chi connectivity index (χ2v) is 7.44. The van der Waals surface area contributed by atoms with Crippen LogP contribution in [0.25, 0.3) is 0 Å². The fraction of sp³-hybridized carbons (Fsp3) is 0.647. The molecular formula is C17H27FN2S. The van der Waals surface area contributed by atoms with Crippen LogP contribution in [-0.2, 0) is 0 Å². The van der Waals surface area contributed by atoms with Gasteiger partial charge in [-0.3, -0.25) is 0 Å². The Morgan fingerprint density at radius 3 is 2.95 bits per heavy atom. The predicted octanol–water partition coefficient (Wildman–Crippen LogP) is 3.61. The van der Waals surface area contributed by atoms with Crippen molar-refractivity contribution in [1.82, 2.24) is 10.2 Å². The fourth-order valence-electron chi connectivity index (χ4n) is 2.86. The molecule has 0 amide bonds. The number of hydrogen-bond acceptors (Lipinski definition) is 3. The van der Waals surface area contributed by atoms with E-state index in [9.17, 15) is 4.39 Å². The molecule has 2 atom stereocenters. The van der Waals surface area contributed by atoms with Crippen LogP contribution in [0.15, 0.2) is 18.2 Å². The van der Waals surface area contributed by atoms with Crippen molar-refractivity contribution in [2.45, 2.75) is 38.5 Å². The second-order valence-electron chi connectivity index (χ2n) is 5.89. The molecule has 1 saturated heterocycles. The van der Waals surface area contributed by atoms with Crippen molar-refractivity contribution in [3.05, 3.63) is 35.1 Å². The Hall–Kier alpha value is -0.580. The molecule has 0 spiro atoms.